The van der Waals surface area contributed by atoms with E-state index in [0.29, 0.717) is 5.41 Å². The molecule has 4 rings (SSSR count). The molecule has 3 atom stereocenters. The molecule has 0 aliphatic heterocycles. The Morgan fingerprint density at radius 3 is 2.71 bits per heavy atom. The summed E-state index contributed by atoms with van der Waals surface area (Å²) in [5.41, 5.74) is 2.05. The maximum atomic E-state index is 3.50. The third kappa shape index (κ3) is 2.19. The number of hydrogen-bond acceptors (Lipinski definition) is 1. The van der Waals surface area contributed by atoms with Gasteiger partial charge in [-0.25, -0.2) is 0 Å². The molecule has 1 N–H and O–H groups in total. The van der Waals surface area contributed by atoms with E-state index in [2.05, 4.69) is 54.8 Å². The van der Waals surface area contributed by atoms with Crippen molar-refractivity contribution in [3.8, 4) is 0 Å². The molecule has 2 aliphatic carbocycles. The van der Waals surface area contributed by atoms with Crippen molar-refractivity contribution >= 4 is 10.8 Å². The molecule has 2 fully saturated rings. The highest BCUT2D eigenvalue weighted by atomic mass is 14.8. The summed E-state index contributed by atoms with van der Waals surface area (Å²) in [6.07, 6.45) is 7.09. The molecule has 0 radical (unpaired) electrons. The molecule has 0 saturated heterocycles. The van der Waals surface area contributed by atoms with Crippen LogP contribution in [0.25, 0.3) is 10.8 Å². The first kappa shape index (κ1) is 13.3. The number of rotatable bonds is 4. The van der Waals surface area contributed by atoms with Crippen LogP contribution in [-0.4, -0.2) is 13.6 Å². The fourth-order valence-corrected chi connectivity index (χ4v) is 5.23. The highest BCUT2D eigenvalue weighted by molar-refractivity contribution is 5.85. The van der Waals surface area contributed by atoms with Gasteiger partial charge in [0.1, 0.15) is 0 Å². The van der Waals surface area contributed by atoms with Crippen molar-refractivity contribution in [3.63, 3.8) is 0 Å². The zero-order chi connectivity index (χ0) is 14.3. The molecule has 1 heteroatoms. The van der Waals surface area contributed by atoms with Crippen molar-refractivity contribution in [3.05, 3.63) is 48.0 Å². The normalized spacial score (nSPS) is 31.1. The van der Waals surface area contributed by atoms with Gasteiger partial charge in [-0.1, -0.05) is 48.9 Å². The van der Waals surface area contributed by atoms with E-state index in [0.717, 1.165) is 11.8 Å². The fourth-order valence-electron chi connectivity index (χ4n) is 5.23. The van der Waals surface area contributed by atoms with Crippen LogP contribution in [-0.2, 0) is 6.42 Å². The van der Waals surface area contributed by atoms with Gasteiger partial charge < -0.3 is 5.32 Å². The third-order valence-electron chi connectivity index (χ3n) is 6.05. The molecule has 2 aromatic carbocycles. The van der Waals surface area contributed by atoms with Crippen LogP contribution in [0.5, 0.6) is 0 Å². The molecule has 2 bridgehead atoms. The van der Waals surface area contributed by atoms with Gasteiger partial charge in [0.2, 0.25) is 0 Å². The summed E-state index contributed by atoms with van der Waals surface area (Å²) in [6.45, 7) is 1.18. The molecule has 21 heavy (non-hydrogen) atoms. The Bertz CT molecular complexity index is 642. The topological polar surface area (TPSA) is 12.0 Å². The lowest BCUT2D eigenvalue weighted by molar-refractivity contribution is 0.160. The highest BCUT2D eigenvalue weighted by Crippen LogP contribution is 2.57. The van der Waals surface area contributed by atoms with Gasteiger partial charge >= 0.3 is 0 Å². The van der Waals surface area contributed by atoms with E-state index in [-0.39, 0.29) is 0 Å². The van der Waals surface area contributed by atoms with Gasteiger partial charge in [0.05, 0.1) is 0 Å². The van der Waals surface area contributed by atoms with Crippen LogP contribution >= 0.6 is 0 Å². The van der Waals surface area contributed by atoms with Gasteiger partial charge in [-0.2, -0.15) is 0 Å². The molecular formula is C20H25N. The zero-order valence-electron chi connectivity index (χ0n) is 12.9. The molecule has 110 valence electrons. The van der Waals surface area contributed by atoms with Crippen molar-refractivity contribution in [1.82, 2.24) is 5.32 Å². The summed E-state index contributed by atoms with van der Waals surface area (Å²) < 4.78 is 0. The number of fused-ring (bicyclic) bond motifs is 3. The van der Waals surface area contributed by atoms with E-state index in [1.165, 1.54) is 49.4 Å². The Balaban J connectivity index is 1.72. The van der Waals surface area contributed by atoms with E-state index >= 15 is 0 Å². The number of nitrogens with one attached hydrogen (secondary N) is 1. The predicted molar refractivity (Wildman–Crippen MR) is 89.5 cm³/mol. The van der Waals surface area contributed by atoms with E-state index in [4.69, 9.17) is 0 Å². The van der Waals surface area contributed by atoms with E-state index in [1.807, 2.05) is 0 Å². The van der Waals surface area contributed by atoms with Crippen molar-refractivity contribution in [2.45, 2.75) is 32.1 Å². The standard InChI is InChI=1S/C20H25N/c1-21-14-20(12-15-9-10-18(20)11-15)13-17-7-4-6-16-5-2-3-8-19(16)17/h2-8,15,18,21H,9-14H2,1H3. The lowest BCUT2D eigenvalue weighted by atomic mass is 9.69. The van der Waals surface area contributed by atoms with Crippen molar-refractivity contribution in [2.75, 3.05) is 13.6 Å². The Labute approximate surface area is 127 Å². The van der Waals surface area contributed by atoms with Crippen LogP contribution in [0.1, 0.15) is 31.2 Å². The Morgan fingerprint density at radius 2 is 1.95 bits per heavy atom. The molecule has 0 heterocycles. The SMILES string of the molecule is CNCC1(Cc2cccc3ccccc23)CC2CCC1C2. The quantitative estimate of drug-likeness (QED) is 0.874. The van der Waals surface area contributed by atoms with Crippen molar-refractivity contribution in [2.24, 2.45) is 17.3 Å². The van der Waals surface area contributed by atoms with Crippen molar-refractivity contribution < 1.29 is 0 Å². The number of hydrogen-bond donors (Lipinski definition) is 1. The monoisotopic (exact) mass is 279 g/mol. The summed E-state index contributed by atoms with van der Waals surface area (Å²) in [5, 5.41) is 6.35. The molecule has 2 saturated carbocycles. The van der Waals surface area contributed by atoms with Gasteiger partial charge in [0.25, 0.3) is 0 Å². The van der Waals surface area contributed by atoms with E-state index < -0.39 is 0 Å². The first-order chi connectivity index (χ1) is 10.3. The Morgan fingerprint density at radius 1 is 1.10 bits per heavy atom. The molecule has 2 aliphatic rings. The van der Waals surface area contributed by atoms with E-state index in [1.54, 1.807) is 5.56 Å². The average molecular weight is 279 g/mol. The van der Waals surface area contributed by atoms with E-state index in [9.17, 15) is 0 Å². The molecule has 1 nitrogen and oxygen atoms in total. The summed E-state index contributed by atoms with van der Waals surface area (Å²) in [5.74, 6) is 1.94. The fraction of sp³-hybridized carbons (Fsp3) is 0.500. The van der Waals surface area contributed by atoms with Crippen molar-refractivity contribution in [1.29, 1.82) is 0 Å². The second-order valence-corrected chi connectivity index (χ2v) is 7.29. The lowest BCUT2D eigenvalue weighted by Gasteiger charge is -2.38. The van der Waals surface area contributed by atoms with Crippen LogP contribution in [0.15, 0.2) is 42.5 Å². The van der Waals surface area contributed by atoms with Crippen LogP contribution in [0.4, 0.5) is 0 Å². The molecule has 2 aromatic rings. The molecular weight excluding hydrogens is 254 g/mol. The second kappa shape index (κ2) is 5.14. The minimum Gasteiger partial charge on any atom is -0.319 e. The first-order valence-corrected chi connectivity index (χ1v) is 8.42. The predicted octanol–water partition coefficient (Wildman–Crippen LogP) is 4.41. The smallest absolute Gasteiger partial charge is 0.00108 e. The van der Waals surface area contributed by atoms with Crippen LogP contribution in [0.2, 0.25) is 0 Å². The maximum absolute atomic E-state index is 3.50. The Hall–Kier alpha value is -1.34. The summed E-state index contributed by atoms with van der Waals surface area (Å²) >= 11 is 0. The molecule has 0 spiro atoms. The van der Waals surface area contributed by atoms with Crippen LogP contribution < -0.4 is 5.32 Å². The van der Waals surface area contributed by atoms with Gasteiger partial charge in [0.15, 0.2) is 0 Å². The summed E-state index contributed by atoms with van der Waals surface area (Å²) in [6, 6.07) is 15.7. The molecule has 0 aromatic heterocycles. The minimum atomic E-state index is 0.502. The maximum Gasteiger partial charge on any atom is 0.00108 e. The third-order valence-corrected chi connectivity index (χ3v) is 6.05. The minimum absolute atomic E-state index is 0.502. The van der Waals surface area contributed by atoms with Gasteiger partial charge in [-0.05, 0) is 66.3 Å². The second-order valence-electron chi connectivity index (χ2n) is 7.29. The summed E-state index contributed by atoms with van der Waals surface area (Å²) in [4.78, 5) is 0. The lowest BCUT2D eigenvalue weighted by Crippen LogP contribution is -2.39. The highest BCUT2D eigenvalue weighted by Gasteiger charge is 2.50. The zero-order valence-corrected chi connectivity index (χ0v) is 12.9. The van der Waals surface area contributed by atoms with Crippen LogP contribution in [0.3, 0.4) is 0 Å². The average Bonchev–Trinajstić information content (AvgIpc) is 3.09. The number of benzene rings is 2. The molecule has 3 unspecified atom stereocenters. The molecule has 0 amide bonds. The van der Waals surface area contributed by atoms with Crippen LogP contribution in [0, 0.1) is 17.3 Å². The first-order valence-electron chi connectivity index (χ1n) is 8.42. The Kier molecular flexibility index (Phi) is 3.26. The largest absolute Gasteiger partial charge is 0.319 e. The summed E-state index contributed by atoms with van der Waals surface area (Å²) in [7, 11) is 2.12. The van der Waals surface area contributed by atoms with Gasteiger partial charge in [0, 0.05) is 6.54 Å². The van der Waals surface area contributed by atoms with Gasteiger partial charge in [-0.15, -0.1) is 0 Å². The van der Waals surface area contributed by atoms with Gasteiger partial charge in [-0.3, -0.25) is 0 Å².